The molecule has 2 nitrogen and oxygen atoms in total. The van der Waals surface area contributed by atoms with Gasteiger partial charge in [-0.15, -0.1) is 0 Å². The van der Waals surface area contributed by atoms with Gasteiger partial charge >= 0.3 is 0 Å². The summed E-state index contributed by atoms with van der Waals surface area (Å²) < 4.78 is 2.51. The molecule has 0 saturated heterocycles. The second-order valence-electron chi connectivity index (χ2n) is 14.8. The smallest absolute Gasteiger partial charge is 0.0726 e. The summed E-state index contributed by atoms with van der Waals surface area (Å²) >= 11 is 0. The van der Waals surface area contributed by atoms with Crippen LogP contribution in [0.4, 0.5) is 17.1 Å². The van der Waals surface area contributed by atoms with Crippen LogP contribution in [-0.2, 0) is 5.41 Å². The molecule has 9 aromatic carbocycles. The zero-order valence-electron chi connectivity index (χ0n) is 30.0. The Morgan fingerprint density at radius 1 is 0.400 bits per heavy atom. The predicted octanol–water partition coefficient (Wildman–Crippen LogP) is 13.8. The molecule has 0 saturated carbocycles. The van der Waals surface area contributed by atoms with Gasteiger partial charge in [0.25, 0.3) is 0 Å². The van der Waals surface area contributed by atoms with Gasteiger partial charge < -0.3 is 9.47 Å². The van der Waals surface area contributed by atoms with Crippen LogP contribution in [0.3, 0.4) is 0 Å². The highest BCUT2D eigenvalue weighted by molar-refractivity contribution is 6.30. The third-order valence-electron chi connectivity index (χ3n) is 12.1. The van der Waals surface area contributed by atoms with E-state index < -0.39 is 5.41 Å². The third-order valence-corrected chi connectivity index (χ3v) is 12.1. The maximum atomic E-state index is 2.51. The molecule has 2 heteroatoms. The van der Waals surface area contributed by atoms with Crippen LogP contribution in [0.5, 0.6) is 0 Å². The molecule has 0 N–H and O–H groups in total. The van der Waals surface area contributed by atoms with E-state index in [1.807, 2.05) is 0 Å². The fourth-order valence-electron chi connectivity index (χ4n) is 10.0. The normalized spacial score (nSPS) is 15.0. The first-order valence-corrected chi connectivity index (χ1v) is 19.1. The lowest BCUT2D eigenvalue weighted by atomic mass is 9.63. The Morgan fingerprint density at radius 3 is 1.78 bits per heavy atom. The molecule has 0 aliphatic heterocycles. The molecule has 1 heterocycles. The van der Waals surface area contributed by atoms with E-state index >= 15 is 0 Å². The molecular formula is C53H34N2. The minimum Gasteiger partial charge on any atom is -0.310 e. The molecule has 0 fully saturated rings. The number of aromatic nitrogens is 1. The maximum absolute atomic E-state index is 2.51. The molecule has 12 rings (SSSR count). The maximum Gasteiger partial charge on any atom is 0.0726 e. The van der Waals surface area contributed by atoms with E-state index in [4.69, 9.17) is 0 Å². The molecule has 0 spiro atoms. The van der Waals surface area contributed by atoms with Gasteiger partial charge in [0.15, 0.2) is 0 Å². The molecule has 10 aromatic rings. The molecule has 2 aliphatic carbocycles. The Morgan fingerprint density at radius 2 is 1.02 bits per heavy atom. The molecule has 1 aromatic heterocycles. The number of benzene rings is 9. The van der Waals surface area contributed by atoms with Crippen molar-refractivity contribution in [2.24, 2.45) is 0 Å². The van der Waals surface area contributed by atoms with E-state index in [2.05, 4.69) is 216 Å². The van der Waals surface area contributed by atoms with Crippen LogP contribution in [0.25, 0.3) is 60.5 Å². The van der Waals surface area contributed by atoms with Crippen molar-refractivity contribution in [1.29, 1.82) is 0 Å². The summed E-state index contributed by atoms with van der Waals surface area (Å²) in [6, 6.07) is 76.1. The number of para-hydroxylation sites is 2. The number of anilines is 3. The van der Waals surface area contributed by atoms with Gasteiger partial charge in [0, 0.05) is 33.2 Å². The minimum atomic E-state index is -0.484. The largest absolute Gasteiger partial charge is 0.310 e. The molecular weight excluding hydrogens is 665 g/mol. The van der Waals surface area contributed by atoms with Gasteiger partial charge in [0.2, 0.25) is 0 Å². The number of hydrogen-bond donors (Lipinski definition) is 0. The van der Waals surface area contributed by atoms with Gasteiger partial charge in [0.1, 0.15) is 0 Å². The molecule has 256 valence electrons. The Bertz CT molecular complexity index is 3110. The van der Waals surface area contributed by atoms with Crippen molar-refractivity contribution in [2.75, 3.05) is 4.90 Å². The quantitative estimate of drug-likeness (QED) is 0.168. The van der Waals surface area contributed by atoms with Crippen LogP contribution in [0.2, 0.25) is 0 Å². The Hall–Kier alpha value is -7.16. The van der Waals surface area contributed by atoms with Crippen LogP contribution in [0, 0.1) is 0 Å². The van der Waals surface area contributed by atoms with Crippen molar-refractivity contribution < 1.29 is 0 Å². The first-order chi connectivity index (χ1) is 27.3. The fourth-order valence-corrected chi connectivity index (χ4v) is 10.0. The Kier molecular flexibility index (Phi) is 6.29. The van der Waals surface area contributed by atoms with Crippen molar-refractivity contribution in [3.05, 3.63) is 229 Å². The van der Waals surface area contributed by atoms with Crippen molar-refractivity contribution in [2.45, 2.75) is 5.41 Å². The van der Waals surface area contributed by atoms with Crippen molar-refractivity contribution in [3.63, 3.8) is 0 Å². The summed E-state index contributed by atoms with van der Waals surface area (Å²) in [5.74, 6) is 0. The molecule has 1 unspecified atom stereocenters. The zero-order valence-corrected chi connectivity index (χ0v) is 30.0. The lowest BCUT2D eigenvalue weighted by Gasteiger charge is -2.38. The summed E-state index contributed by atoms with van der Waals surface area (Å²) in [5.41, 5.74) is 17.0. The van der Waals surface area contributed by atoms with E-state index in [0.29, 0.717) is 0 Å². The van der Waals surface area contributed by atoms with Crippen LogP contribution < -0.4 is 4.90 Å². The van der Waals surface area contributed by atoms with Crippen LogP contribution in [0.15, 0.2) is 206 Å². The lowest BCUT2D eigenvalue weighted by molar-refractivity contribution is 0.782. The summed E-state index contributed by atoms with van der Waals surface area (Å²) in [5, 5.41) is 5.24. The van der Waals surface area contributed by atoms with E-state index in [9.17, 15) is 0 Å². The van der Waals surface area contributed by atoms with Crippen molar-refractivity contribution >= 4 is 49.6 Å². The monoisotopic (exact) mass is 698 g/mol. The third kappa shape index (κ3) is 4.03. The summed E-state index contributed by atoms with van der Waals surface area (Å²) in [6.45, 7) is 0. The highest BCUT2D eigenvalue weighted by atomic mass is 15.1. The molecule has 0 amide bonds. The lowest BCUT2D eigenvalue weighted by Crippen LogP contribution is -2.30. The van der Waals surface area contributed by atoms with Crippen LogP contribution in [0.1, 0.15) is 22.3 Å². The number of rotatable bonds is 6. The Labute approximate surface area is 319 Å². The molecule has 2 aliphatic rings. The first kappa shape index (κ1) is 30.3. The number of hydrogen-bond acceptors (Lipinski definition) is 1. The SMILES string of the molecule is c1ccc(-c2ccc(N(c3ccccc3)c3cc4c5c6c(cccc36)C3(c6ccccc6)c6ccccc6-c6ccc(c5c63)n4-c3ccccc3)cc2)cc1. The second kappa shape index (κ2) is 11.4. The standard InChI is InChI=1S/C53H34N2/c1-5-16-35(17-6-1)36-28-30-40(31-29-36)54(38-20-9-3-10-21-38)47-34-48-50-49-43(47)25-15-27-45(49)53(37-18-7-2-8-19-37)44-26-14-13-24-41(44)42-32-33-46(51(50)52(42)53)55(48)39-22-11-4-12-23-39/h1-34H. The Balaban J connectivity index is 1.26. The van der Waals surface area contributed by atoms with Gasteiger partial charge in [-0.3, -0.25) is 0 Å². The first-order valence-electron chi connectivity index (χ1n) is 19.1. The fraction of sp³-hybridized carbons (Fsp3) is 0.0189. The highest BCUT2D eigenvalue weighted by Gasteiger charge is 2.51. The van der Waals surface area contributed by atoms with Crippen molar-refractivity contribution in [1.82, 2.24) is 4.57 Å². The average molecular weight is 699 g/mol. The van der Waals surface area contributed by atoms with Gasteiger partial charge in [-0.25, -0.2) is 0 Å². The minimum absolute atomic E-state index is 0.484. The number of nitrogens with zero attached hydrogens (tertiary/aromatic N) is 2. The summed E-state index contributed by atoms with van der Waals surface area (Å²) in [6.07, 6.45) is 0. The molecule has 55 heavy (non-hydrogen) atoms. The highest BCUT2D eigenvalue weighted by Crippen LogP contribution is 2.64. The van der Waals surface area contributed by atoms with E-state index in [-0.39, 0.29) is 0 Å². The average Bonchev–Trinajstić information content (AvgIpc) is 3.76. The molecule has 1 atom stereocenters. The van der Waals surface area contributed by atoms with Gasteiger partial charge in [-0.1, -0.05) is 158 Å². The van der Waals surface area contributed by atoms with Gasteiger partial charge in [-0.2, -0.15) is 0 Å². The topological polar surface area (TPSA) is 8.17 Å². The van der Waals surface area contributed by atoms with Crippen LogP contribution >= 0.6 is 0 Å². The van der Waals surface area contributed by atoms with Gasteiger partial charge in [-0.05, 0) is 98.4 Å². The molecule has 0 bridgehead atoms. The van der Waals surface area contributed by atoms with E-state index in [1.165, 1.54) is 77.1 Å². The van der Waals surface area contributed by atoms with Crippen molar-refractivity contribution in [3.8, 4) is 27.9 Å². The summed E-state index contributed by atoms with van der Waals surface area (Å²) in [7, 11) is 0. The second-order valence-corrected chi connectivity index (χ2v) is 14.8. The molecule has 0 radical (unpaired) electrons. The van der Waals surface area contributed by atoms with E-state index in [0.717, 1.165) is 22.7 Å². The van der Waals surface area contributed by atoms with Crippen LogP contribution in [-0.4, -0.2) is 4.57 Å². The summed E-state index contributed by atoms with van der Waals surface area (Å²) in [4.78, 5) is 2.46. The predicted molar refractivity (Wildman–Crippen MR) is 229 cm³/mol. The zero-order chi connectivity index (χ0) is 36.1. The number of fused-ring (bicyclic) bond motifs is 4. The van der Waals surface area contributed by atoms with Gasteiger partial charge in [0.05, 0.1) is 22.1 Å². The van der Waals surface area contributed by atoms with E-state index in [1.54, 1.807) is 0 Å².